The third-order valence-electron chi connectivity index (χ3n) is 5.01. The summed E-state index contributed by atoms with van der Waals surface area (Å²) in [6, 6.07) is 10.6. The number of anilines is 1. The lowest BCUT2D eigenvalue weighted by Crippen LogP contribution is -2.17. The summed E-state index contributed by atoms with van der Waals surface area (Å²) < 4.78 is 49.6. The first-order chi connectivity index (χ1) is 16.5. The Morgan fingerprint density at radius 2 is 1.97 bits per heavy atom. The molecule has 9 nitrogen and oxygen atoms in total. The number of carboxylic acid groups (broad SMARTS) is 1. The highest BCUT2D eigenvalue weighted by atomic mass is 35.5. The summed E-state index contributed by atoms with van der Waals surface area (Å²) >= 11 is 6.14. The first kappa shape index (κ1) is 26.2. The van der Waals surface area contributed by atoms with Crippen molar-refractivity contribution in [3.63, 3.8) is 0 Å². The number of hydrogen-bond acceptors (Lipinski definition) is 7. The Hall–Kier alpha value is -3.44. The number of amides is 1. The number of halogens is 2. The molecule has 12 heteroatoms. The molecule has 1 heterocycles. The summed E-state index contributed by atoms with van der Waals surface area (Å²) in [7, 11) is -3.75. The van der Waals surface area contributed by atoms with Crippen LogP contribution in [0.15, 0.2) is 47.0 Å². The van der Waals surface area contributed by atoms with Crippen molar-refractivity contribution in [1.82, 2.24) is 5.16 Å². The van der Waals surface area contributed by atoms with Crippen molar-refractivity contribution >= 4 is 39.2 Å². The van der Waals surface area contributed by atoms with Crippen LogP contribution in [0.2, 0.25) is 5.02 Å². The number of sulfone groups is 1. The Kier molecular flexibility index (Phi) is 8.13. The molecule has 0 unspecified atom stereocenters. The molecule has 3 rings (SSSR count). The topological polar surface area (TPSA) is 136 Å². The number of hydrogen-bond donors (Lipinski definition) is 2. The average molecular weight is 525 g/mol. The molecular weight excluding hydrogens is 503 g/mol. The molecule has 0 aliphatic heterocycles. The largest absolute Gasteiger partial charge is 0.481 e. The van der Waals surface area contributed by atoms with Crippen molar-refractivity contribution in [2.24, 2.45) is 0 Å². The fourth-order valence-corrected chi connectivity index (χ4v) is 4.87. The zero-order valence-corrected chi connectivity index (χ0v) is 20.3. The normalized spacial score (nSPS) is 12.2. The molecule has 1 atom stereocenters. The van der Waals surface area contributed by atoms with E-state index in [0.717, 1.165) is 6.07 Å². The van der Waals surface area contributed by atoms with E-state index in [1.165, 1.54) is 12.1 Å². The minimum atomic E-state index is -3.75. The van der Waals surface area contributed by atoms with Crippen molar-refractivity contribution in [3.05, 3.63) is 70.1 Å². The third-order valence-corrected chi connectivity index (χ3v) is 6.95. The summed E-state index contributed by atoms with van der Waals surface area (Å²) in [6.07, 6.45) is -2.06. The Balaban J connectivity index is 1.77. The molecular formula is C23H22ClFN2O7S. The van der Waals surface area contributed by atoms with Gasteiger partial charge >= 0.3 is 12.1 Å². The van der Waals surface area contributed by atoms with Crippen LogP contribution in [0.25, 0.3) is 11.3 Å². The molecule has 0 radical (unpaired) electrons. The number of nitrogens with one attached hydrogen (secondary N) is 1. The van der Waals surface area contributed by atoms with Gasteiger partial charge in [0.05, 0.1) is 23.5 Å². The predicted molar refractivity (Wildman–Crippen MR) is 126 cm³/mol. The molecule has 0 spiro atoms. The van der Waals surface area contributed by atoms with Gasteiger partial charge in [0, 0.05) is 10.6 Å². The van der Waals surface area contributed by atoms with Gasteiger partial charge in [0.2, 0.25) is 0 Å². The second kappa shape index (κ2) is 10.9. The number of aryl methyl sites for hydroxylation is 1. The van der Waals surface area contributed by atoms with E-state index in [-0.39, 0.29) is 28.3 Å². The maximum Gasteiger partial charge on any atom is 0.412 e. The van der Waals surface area contributed by atoms with Gasteiger partial charge < -0.3 is 14.4 Å². The molecule has 3 aromatic rings. The van der Waals surface area contributed by atoms with Crippen LogP contribution in [0, 0.1) is 12.7 Å². The molecule has 1 amide bonds. The number of ether oxygens (including phenoxy) is 1. The average Bonchev–Trinajstić information content (AvgIpc) is 3.12. The van der Waals surface area contributed by atoms with E-state index in [1.54, 1.807) is 38.1 Å². The number of carbonyl (C=O) groups excluding carboxylic acids is 1. The van der Waals surface area contributed by atoms with Crippen LogP contribution in [-0.4, -0.2) is 36.5 Å². The van der Waals surface area contributed by atoms with Crippen LogP contribution in [0.3, 0.4) is 0 Å². The Morgan fingerprint density at radius 1 is 1.26 bits per heavy atom. The molecule has 0 aliphatic rings. The SMILES string of the molecule is Cc1noc(-c2ccc(CS(=O)(=O)CCC(=O)O)cc2F)c1NC(=O)O[C@H](C)c1ccccc1Cl. The van der Waals surface area contributed by atoms with Gasteiger partial charge in [0.25, 0.3) is 0 Å². The van der Waals surface area contributed by atoms with Gasteiger partial charge in [-0.3, -0.25) is 10.1 Å². The second-order valence-electron chi connectivity index (χ2n) is 7.72. The van der Waals surface area contributed by atoms with Gasteiger partial charge in [-0.15, -0.1) is 0 Å². The van der Waals surface area contributed by atoms with E-state index in [4.69, 9.17) is 26.0 Å². The summed E-state index contributed by atoms with van der Waals surface area (Å²) in [5, 5.41) is 15.4. The Bertz CT molecular complexity index is 1360. The smallest absolute Gasteiger partial charge is 0.412 e. The van der Waals surface area contributed by atoms with E-state index in [0.29, 0.717) is 10.6 Å². The number of carbonyl (C=O) groups is 2. The summed E-state index contributed by atoms with van der Waals surface area (Å²) in [5.74, 6) is -3.22. The Morgan fingerprint density at radius 3 is 2.63 bits per heavy atom. The van der Waals surface area contributed by atoms with Crippen molar-refractivity contribution in [2.75, 3.05) is 11.1 Å². The zero-order valence-electron chi connectivity index (χ0n) is 18.7. The van der Waals surface area contributed by atoms with Gasteiger partial charge in [0.1, 0.15) is 23.3 Å². The fraction of sp³-hybridized carbons (Fsp3) is 0.261. The monoisotopic (exact) mass is 524 g/mol. The lowest BCUT2D eigenvalue weighted by molar-refractivity contribution is -0.136. The highest BCUT2D eigenvalue weighted by molar-refractivity contribution is 7.90. The van der Waals surface area contributed by atoms with E-state index in [1.807, 2.05) is 0 Å². The van der Waals surface area contributed by atoms with E-state index >= 15 is 0 Å². The van der Waals surface area contributed by atoms with Crippen LogP contribution in [0.4, 0.5) is 14.9 Å². The first-order valence-electron chi connectivity index (χ1n) is 10.4. The molecule has 35 heavy (non-hydrogen) atoms. The van der Waals surface area contributed by atoms with Gasteiger partial charge in [-0.25, -0.2) is 17.6 Å². The Labute approximate surface area is 205 Å². The van der Waals surface area contributed by atoms with Gasteiger partial charge in [-0.05, 0) is 37.6 Å². The van der Waals surface area contributed by atoms with Crippen LogP contribution in [-0.2, 0) is 25.1 Å². The molecule has 0 aliphatic carbocycles. The van der Waals surface area contributed by atoms with Crippen LogP contribution < -0.4 is 5.32 Å². The number of carboxylic acids is 1. The number of benzene rings is 2. The maximum absolute atomic E-state index is 14.9. The number of rotatable bonds is 9. The number of nitrogens with zero attached hydrogens (tertiary/aromatic N) is 1. The molecule has 1 aromatic heterocycles. The highest BCUT2D eigenvalue weighted by Crippen LogP contribution is 2.34. The molecule has 0 saturated heterocycles. The lowest BCUT2D eigenvalue weighted by atomic mass is 10.1. The fourth-order valence-electron chi connectivity index (χ4n) is 3.26. The van der Waals surface area contributed by atoms with E-state index in [2.05, 4.69) is 10.5 Å². The van der Waals surface area contributed by atoms with Crippen molar-refractivity contribution < 1.29 is 36.8 Å². The summed E-state index contributed by atoms with van der Waals surface area (Å²) in [4.78, 5) is 23.1. The van der Waals surface area contributed by atoms with Crippen molar-refractivity contribution in [2.45, 2.75) is 32.1 Å². The molecule has 2 N–H and O–H groups in total. The number of aromatic nitrogens is 1. The molecule has 0 saturated carbocycles. The second-order valence-corrected chi connectivity index (χ2v) is 10.3. The minimum Gasteiger partial charge on any atom is -0.481 e. The van der Waals surface area contributed by atoms with E-state index < -0.39 is 51.7 Å². The standard InChI is InChI=1S/C23H22ClFN2O7S/c1-13-21(26-23(30)33-14(2)16-5-3-4-6-18(16)24)22(34-27-13)17-8-7-15(11-19(17)25)12-35(31,32)10-9-20(28)29/h3-8,11,14H,9-10,12H2,1-2H3,(H,26,30)(H,28,29)/t14-/m1/s1. The van der Waals surface area contributed by atoms with Gasteiger partial charge in [-0.2, -0.15) is 0 Å². The summed E-state index contributed by atoms with van der Waals surface area (Å²) in [6.45, 7) is 3.19. The van der Waals surface area contributed by atoms with Crippen molar-refractivity contribution in [1.29, 1.82) is 0 Å². The zero-order chi connectivity index (χ0) is 25.8. The van der Waals surface area contributed by atoms with Crippen LogP contribution in [0.5, 0.6) is 0 Å². The van der Waals surface area contributed by atoms with Crippen LogP contribution in [0.1, 0.15) is 36.3 Å². The quantitative estimate of drug-likeness (QED) is 0.392. The number of aliphatic carboxylic acids is 1. The summed E-state index contributed by atoms with van der Waals surface area (Å²) in [5.41, 5.74) is 1.03. The lowest BCUT2D eigenvalue weighted by Gasteiger charge is -2.15. The van der Waals surface area contributed by atoms with Crippen LogP contribution >= 0.6 is 11.6 Å². The minimum absolute atomic E-state index is 0.0632. The molecule has 2 aromatic carbocycles. The van der Waals surface area contributed by atoms with Gasteiger partial charge in [0.15, 0.2) is 15.6 Å². The van der Waals surface area contributed by atoms with Gasteiger partial charge in [-0.1, -0.05) is 41.0 Å². The molecule has 0 bridgehead atoms. The van der Waals surface area contributed by atoms with E-state index in [9.17, 15) is 22.4 Å². The molecule has 0 fully saturated rings. The molecule has 186 valence electrons. The first-order valence-corrected chi connectivity index (χ1v) is 12.6. The third kappa shape index (κ3) is 6.80. The van der Waals surface area contributed by atoms with Crippen molar-refractivity contribution in [3.8, 4) is 11.3 Å². The highest BCUT2D eigenvalue weighted by Gasteiger charge is 2.23. The maximum atomic E-state index is 14.9. The predicted octanol–water partition coefficient (Wildman–Crippen LogP) is 5.14.